The summed E-state index contributed by atoms with van der Waals surface area (Å²) in [5.41, 5.74) is 0.0596. The third kappa shape index (κ3) is 1.48. The number of rotatable bonds is 1. The second-order valence-electron chi connectivity index (χ2n) is 2.33. The molecule has 0 saturated heterocycles. The van der Waals surface area contributed by atoms with Gasteiger partial charge in [0.25, 0.3) is 5.69 Å². The minimum atomic E-state index is -0.582. The molecule has 0 aliphatic carbocycles. The van der Waals surface area contributed by atoms with Gasteiger partial charge in [0.05, 0.1) is 15.5 Å². The molecular formula is C7H6ClNO3. The molecule has 0 fully saturated rings. The van der Waals surface area contributed by atoms with Gasteiger partial charge < -0.3 is 5.11 Å². The van der Waals surface area contributed by atoms with Crippen LogP contribution in [0.1, 0.15) is 5.56 Å². The van der Waals surface area contributed by atoms with E-state index >= 15 is 0 Å². The number of aromatic hydroxyl groups is 1. The molecule has 0 radical (unpaired) electrons. The van der Waals surface area contributed by atoms with E-state index < -0.39 is 4.92 Å². The Morgan fingerprint density at radius 2 is 2.17 bits per heavy atom. The number of phenolic OH excluding ortho intramolecular Hbond substituents is 1. The highest BCUT2D eigenvalue weighted by atomic mass is 35.5. The van der Waals surface area contributed by atoms with Crippen LogP contribution in [0.5, 0.6) is 5.75 Å². The van der Waals surface area contributed by atoms with Crippen molar-refractivity contribution in [1.29, 1.82) is 0 Å². The molecule has 0 aromatic heterocycles. The van der Waals surface area contributed by atoms with Crippen LogP contribution in [-0.2, 0) is 0 Å². The molecule has 12 heavy (non-hydrogen) atoms. The molecule has 0 spiro atoms. The van der Waals surface area contributed by atoms with Gasteiger partial charge in [0.1, 0.15) is 5.75 Å². The Morgan fingerprint density at radius 1 is 1.58 bits per heavy atom. The molecule has 1 N–H and O–H groups in total. The summed E-state index contributed by atoms with van der Waals surface area (Å²) < 4.78 is 0. The molecule has 1 aromatic carbocycles. The predicted octanol–water partition coefficient (Wildman–Crippen LogP) is 2.26. The standard InChI is InChI=1S/C7H6ClNO3/c1-4-6(9(11)12)2-5(8)3-7(4)10/h2-3,10H,1H3. The molecule has 0 atom stereocenters. The minimum Gasteiger partial charge on any atom is -0.507 e. The number of nitrogens with zero attached hydrogens (tertiary/aromatic N) is 1. The number of nitro groups is 1. The fourth-order valence-electron chi connectivity index (χ4n) is 0.840. The van der Waals surface area contributed by atoms with E-state index in [9.17, 15) is 10.1 Å². The quantitative estimate of drug-likeness (QED) is 0.542. The molecule has 64 valence electrons. The highest BCUT2D eigenvalue weighted by Gasteiger charge is 2.14. The van der Waals surface area contributed by atoms with Gasteiger partial charge in [-0.05, 0) is 13.0 Å². The average Bonchev–Trinajstić information content (AvgIpc) is 1.96. The second kappa shape index (κ2) is 2.98. The van der Waals surface area contributed by atoms with Gasteiger partial charge in [0.2, 0.25) is 0 Å². The smallest absolute Gasteiger partial charge is 0.277 e. The van der Waals surface area contributed by atoms with Crippen molar-refractivity contribution in [3.63, 3.8) is 0 Å². The van der Waals surface area contributed by atoms with E-state index in [1.807, 2.05) is 0 Å². The lowest BCUT2D eigenvalue weighted by Gasteiger charge is -1.99. The van der Waals surface area contributed by atoms with Gasteiger partial charge in [-0.15, -0.1) is 0 Å². The molecule has 0 heterocycles. The Balaban J connectivity index is 3.37. The molecule has 5 heteroatoms. The maximum Gasteiger partial charge on any atom is 0.277 e. The first-order chi connectivity index (χ1) is 5.52. The molecule has 0 amide bonds. The first-order valence-corrected chi connectivity index (χ1v) is 3.53. The fraction of sp³-hybridized carbons (Fsp3) is 0.143. The van der Waals surface area contributed by atoms with E-state index in [0.717, 1.165) is 0 Å². The van der Waals surface area contributed by atoms with E-state index in [1.165, 1.54) is 19.1 Å². The summed E-state index contributed by atoms with van der Waals surface area (Å²) in [4.78, 5) is 9.78. The summed E-state index contributed by atoms with van der Waals surface area (Å²) >= 11 is 5.50. The van der Waals surface area contributed by atoms with Gasteiger partial charge in [-0.1, -0.05) is 11.6 Å². The van der Waals surface area contributed by atoms with E-state index in [1.54, 1.807) is 0 Å². The first-order valence-electron chi connectivity index (χ1n) is 3.16. The Bertz CT molecular complexity index is 338. The highest BCUT2D eigenvalue weighted by Crippen LogP contribution is 2.30. The fourth-order valence-corrected chi connectivity index (χ4v) is 1.05. The van der Waals surface area contributed by atoms with Gasteiger partial charge in [-0.2, -0.15) is 0 Å². The maximum atomic E-state index is 10.4. The van der Waals surface area contributed by atoms with Gasteiger partial charge in [-0.25, -0.2) is 0 Å². The van der Waals surface area contributed by atoms with E-state index in [2.05, 4.69) is 0 Å². The van der Waals surface area contributed by atoms with Gasteiger partial charge in [0, 0.05) is 6.07 Å². The minimum absolute atomic E-state index is 0.157. The van der Waals surface area contributed by atoms with Crippen LogP contribution in [-0.4, -0.2) is 10.0 Å². The summed E-state index contributed by atoms with van der Waals surface area (Å²) in [5, 5.41) is 19.7. The van der Waals surface area contributed by atoms with E-state index in [-0.39, 0.29) is 22.0 Å². The van der Waals surface area contributed by atoms with Crippen molar-refractivity contribution >= 4 is 17.3 Å². The van der Waals surface area contributed by atoms with Crippen molar-refractivity contribution in [2.24, 2.45) is 0 Å². The monoisotopic (exact) mass is 187 g/mol. The average molecular weight is 188 g/mol. The SMILES string of the molecule is Cc1c(O)cc(Cl)cc1[N+](=O)[O-]. The predicted molar refractivity (Wildman–Crippen MR) is 44.5 cm³/mol. The third-order valence-corrected chi connectivity index (χ3v) is 1.73. The van der Waals surface area contributed by atoms with Crippen LogP contribution >= 0.6 is 11.6 Å². The van der Waals surface area contributed by atoms with Gasteiger partial charge >= 0.3 is 0 Å². The van der Waals surface area contributed by atoms with Crippen molar-refractivity contribution in [2.75, 3.05) is 0 Å². The number of nitro benzene ring substituents is 1. The number of benzene rings is 1. The van der Waals surface area contributed by atoms with Crippen molar-refractivity contribution in [1.82, 2.24) is 0 Å². The Hall–Kier alpha value is -1.29. The largest absolute Gasteiger partial charge is 0.507 e. The van der Waals surface area contributed by atoms with E-state index in [0.29, 0.717) is 0 Å². The van der Waals surface area contributed by atoms with Crippen LogP contribution in [0.2, 0.25) is 5.02 Å². The molecule has 0 saturated carbocycles. The molecular weight excluding hydrogens is 182 g/mol. The Kier molecular flexibility index (Phi) is 2.19. The van der Waals surface area contributed by atoms with Crippen LogP contribution in [0.3, 0.4) is 0 Å². The molecule has 0 aliphatic heterocycles. The highest BCUT2D eigenvalue weighted by molar-refractivity contribution is 6.31. The van der Waals surface area contributed by atoms with Crippen LogP contribution in [0, 0.1) is 17.0 Å². The lowest BCUT2D eigenvalue weighted by molar-refractivity contribution is -0.385. The lowest BCUT2D eigenvalue weighted by atomic mass is 10.2. The third-order valence-electron chi connectivity index (χ3n) is 1.51. The summed E-state index contributed by atoms with van der Waals surface area (Å²) in [6, 6.07) is 2.47. The summed E-state index contributed by atoms with van der Waals surface area (Å²) in [7, 11) is 0. The van der Waals surface area contributed by atoms with Gasteiger partial charge in [0.15, 0.2) is 0 Å². The zero-order chi connectivity index (χ0) is 9.30. The lowest BCUT2D eigenvalue weighted by Crippen LogP contribution is -1.91. The van der Waals surface area contributed by atoms with Gasteiger partial charge in [-0.3, -0.25) is 10.1 Å². The molecule has 0 aliphatic rings. The summed E-state index contributed by atoms with van der Waals surface area (Å²) in [5.74, 6) is -0.158. The molecule has 4 nitrogen and oxygen atoms in total. The second-order valence-corrected chi connectivity index (χ2v) is 2.76. The molecule has 1 aromatic rings. The number of hydrogen-bond donors (Lipinski definition) is 1. The first kappa shape index (κ1) is 8.80. The summed E-state index contributed by atoms with van der Waals surface area (Å²) in [6.07, 6.45) is 0. The normalized spacial score (nSPS) is 9.83. The van der Waals surface area contributed by atoms with Crippen molar-refractivity contribution in [2.45, 2.75) is 6.92 Å². The van der Waals surface area contributed by atoms with Crippen molar-refractivity contribution in [3.8, 4) is 5.75 Å². The number of phenols is 1. The Labute approximate surface area is 73.5 Å². The van der Waals surface area contributed by atoms with Crippen LogP contribution < -0.4 is 0 Å². The summed E-state index contributed by atoms with van der Waals surface area (Å²) in [6.45, 7) is 1.46. The van der Waals surface area contributed by atoms with Crippen LogP contribution in [0.15, 0.2) is 12.1 Å². The van der Waals surface area contributed by atoms with E-state index in [4.69, 9.17) is 16.7 Å². The topological polar surface area (TPSA) is 63.4 Å². The molecule has 0 bridgehead atoms. The maximum absolute atomic E-state index is 10.4. The number of halogens is 1. The zero-order valence-corrected chi connectivity index (χ0v) is 7.00. The van der Waals surface area contributed by atoms with Crippen molar-refractivity contribution in [3.05, 3.63) is 32.8 Å². The zero-order valence-electron chi connectivity index (χ0n) is 6.24. The van der Waals surface area contributed by atoms with Crippen molar-refractivity contribution < 1.29 is 10.0 Å². The van der Waals surface area contributed by atoms with Crippen LogP contribution in [0.25, 0.3) is 0 Å². The molecule has 1 rings (SSSR count). The number of hydrogen-bond acceptors (Lipinski definition) is 3. The van der Waals surface area contributed by atoms with Crippen LogP contribution in [0.4, 0.5) is 5.69 Å². The molecule has 0 unspecified atom stereocenters. The Morgan fingerprint density at radius 3 is 2.67 bits per heavy atom.